The minimum Gasteiger partial charge on any atom is -0.240 e. The fourth-order valence-corrected chi connectivity index (χ4v) is 1.37. The maximum Gasteiger partial charge on any atom is 0.135 e. The van der Waals surface area contributed by atoms with Crippen molar-refractivity contribution in [2.45, 2.75) is 0 Å². The third-order valence-electron chi connectivity index (χ3n) is 2.11. The Morgan fingerprint density at radius 1 is 1.18 bits per heavy atom. The molecule has 0 amide bonds. The minimum atomic E-state index is -1.35. The first-order valence-electron chi connectivity index (χ1n) is 8.08. The van der Waals surface area contributed by atoms with Gasteiger partial charge in [0.1, 0.15) is 11.6 Å². The average molecular weight is 237 g/mol. The summed E-state index contributed by atoms with van der Waals surface area (Å²) in [6.07, 6.45) is -0.564. The Morgan fingerprint density at radius 3 is 2.94 bits per heavy atom. The second-order valence-electron chi connectivity index (χ2n) is 3.18. The SMILES string of the molecule is [2H]c1cc(-c2nn3c([2H])c([2H])c([2H])c([2H])c3c2[2H])c(F)c([2H])c1F. The molecule has 0 fully saturated rings. The van der Waals surface area contributed by atoms with Crippen molar-refractivity contribution in [2.75, 3.05) is 0 Å². The van der Waals surface area contributed by atoms with Crippen LogP contribution in [0.15, 0.2) is 48.5 Å². The molecule has 0 bridgehead atoms. The highest BCUT2D eigenvalue weighted by Gasteiger charge is 2.09. The molecule has 0 aliphatic heterocycles. The zero-order chi connectivity index (χ0) is 17.9. The molecule has 3 aromatic rings. The van der Waals surface area contributed by atoms with Gasteiger partial charge in [0.05, 0.1) is 20.8 Å². The summed E-state index contributed by atoms with van der Waals surface area (Å²) in [5.74, 6) is -2.67. The quantitative estimate of drug-likeness (QED) is 0.635. The Labute approximate surface area is 106 Å². The van der Waals surface area contributed by atoms with Crippen LogP contribution in [0.3, 0.4) is 0 Å². The van der Waals surface area contributed by atoms with Gasteiger partial charge < -0.3 is 0 Å². The summed E-state index contributed by atoms with van der Waals surface area (Å²) in [5.41, 5.74) is -1.17. The highest BCUT2D eigenvalue weighted by atomic mass is 19.1. The summed E-state index contributed by atoms with van der Waals surface area (Å²) in [7, 11) is 0. The summed E-state index contributed by atoms with van der Waals surface area (Å²) in [6, 6.07) is -3.33. The number of hydrogen-bond donors (Lipinski definition) is 0. The van der Waals surface area contributed by atoms with Crippen LogP contribution < -0.4 is 0 Å². The van der Waals surface area contributed by atoms with Crippen LogP contribution in [-0.2, 0) is 0 Å². The first-order valence-corrected chi connectivity index (χ1v) is 4.58. The lowest BCUT2D eigenvalue weighted by Crippen LogP contribution is -1.88. The Hall–Kier alpha value is -2.23. The number of nitrogens with zero attached hydrogens (tertiary/aromatic N) is 2. The minimum absolute atomic E-state index is 0.280. The van der Waals surface area contributed by atoms with Crippen LogP contribution in [0.25, 0.3) is 16.8 Å². The number of hydrogen-bond acceptors (Lipinski definition) is 1. The van der Waals surface area contributed by atoms with Gasteiger partial charge in [-0.1, -0.05) is 6.04 Å². The normalized spacial score (nSPS) is 16.7. The van der Waals surface area contributed by atoms with Gasteiger partial charge in [0, 0.05) is 17.8 Å². The van der Waals surface area contributed by atoms with E-state index in [1.165, 1.54) is 0 Å². The Kier molecular flexibility index (Phi) is 1.07. The Balaban J connectivity index is 2.44. The zero-order valence-corrected chi connectivity index (χ0v) is 8.23. The van der Waals surface area contributed by atoms with Crippen molar-refractivity contribution in [3.8, 4) is 11.3 Å². The molecule has 0 N–H and O–H groups in total. The van der Waals surface area contributed by atoms with Crippen LogP contribution in [0, 0.1) is 11.6 Å². The molecular weight excluding hydrogens is 222 g/mol. The molecule has 0 saturated carbocycles. The summed E-state index contributed by atoms with van der Waals surface area (Å²) in [5, 5.41) is 3.81. The first-order chi connectivity index (χ1) is 11.2. The van der Waals surface area contributed by atoms with Gasteiger partial charge in [-0.3, -0.25) is 0 Å². The van der Waals surface area contributed by atoms with E-state index in [4.69, 9.17) is 9.60 Å². The molecular formula is C13H8F2N2. The summed E-state index contributed by atoms with van der Waals surface area (Å²) in [4.78, 5) is 0. The molecule has 0 saturated heterocycles. The molecule has 0 aliphatic rings. The lowest BCUT2D eigenvalue weighted by Gasteiger charge is -1.98. The van der Waals surface area contributed by atoms with E-state index in [2.05, 4.69) is 5.10 Å². The van der Waals surface area contributed by atoms with Gasteiger partial charge in [0.25, 0.3) is 0 Å². The molecule has 2 heterocycles. The van der Waals surface area contributed by atoms with E-state index in [9.17, 15) is 8.78 Å². The van der Waals surface area contributed by atoms with Crippen LogP contribution in [0.4, 0.5) is 8.78 Å². The second kappa shape index (κ2) is 3.66. The standard InChI is InChI=1S/C13H8F2N2/c14-9-4-5-11(12(15)7-9)13-8-10-3-1-2-6-17(10)16-13/h1-8H/i1D,2D,3D,4D,6D,7D,8D. The molecule has 0 radical (unpaired) electrons. The van der Waals surface area contributed by atoms with Gasteiger partial charge in [-0.25, -0.2) is 13.3 Å². The topological polar surface area (TPSA) is 17.3 Å². The van der Waals surface area contributed by atoms with Gasteiger partial charge >= 0.3 is 0 Å². The maximum absolute atomic E-state index is 14.2. The van der Waals surface area contributed by atoms with Crippen LogP contribution in [0.5, 0.6) is 0 Å². The fraction of sp³-hybridized carbons (Fsp3) is 0. The molecule has 0 spiro atoms. The second-order valence-corrected chi connectivity index (χ2v) is 3.18. The molecule has 17 heavy (non-hydrogen) atoms. The van der Waals surface area contributed by atoms with E-state index in [0.29, 0.717) is 0 Å². The van der Waals surface area contributed by atoms with Crippen LogP contribution in [0.1, 0.15) is 9.60 Å². The Bertz CT molecular complexity index is 1020. The van der Waals surface area contributed by atoms with E-state index in [0.717, 1.165) is 10.6 Å². The van der Waals surface area contributed by atoms with Gasteiger partial charge in [-0.2, -0.15) is 5.10 Å². The monoisotopic (exact) mass is 237 g/mol. The average Bonchev–Trinajstić information content (AvgIpc) is 2.89. The van der Waals surface area contributed by atoms with Crippen molar-refractivity contribution < 1.29 is 18.4 Å². The van der Waals surface area contributed by atoms with Crippen LogP contribution in [-0.4, -0.2) is 9.61 Å². The van der Waals surface area contributed by atoms with Gasteiger partial charge in [0.15, 0.2) is 0 Å². The third-order valence-corrected chi connectivity index (χ3v) is 2.11. The molecule has 4 heteroatoms. The van der Waals surface area contributed by atoms with E-state index >= 15 is 0 Å². The summed E-state index contributed by atoms with van der Waals surface area (Å²) >= 11 is 0. The molecule has 84 valence electrons. The lowest BCUT2D eigenvalue weighted by molar-refractivity contribution is 0.585. The number of rotatable bonds is 1. The van der Waals surface area contributed by atoms with Crippen molar-refractivity contribution in [3.63, 3.8) is 0 Å². The number of aromatic nitrogens is 2. The number of fused-ring (bicyclic) bond motifs is 1. The van der Waals surface area contributed by atoms with Crippen molar-refractivity contribution in [3.05, 3.63) is 60.1 Å². The van der Waals surface area contributed by atoms with E-state index in [1.807, 2.05) is 0 Å². The van der Waals surface area contributed by atoms with Crippen molar-refractivity contribution >= 4 is 5.52 Å². The molecule has 0 aliphatic carbocycles. The van der Waals surface area contributed by atoms with E-state index in [-0.39, 0.29) is 5.52 Å². The molecule has 3 rings (SSSR count). The highest BCUT2D eigenvalue weighted by Crippen LogP contribution is 2.23. The lowest BCUT2D eigenvalue weighted by atomic mass is 10.1. The van der Waals surface area contributed by atoms with Crippen molar-refractivity contribution in [1.82, 2.24) is 9.61 Å². The largest absolute Gasteiger partial charge is 0.240 e. The number of benzene rings is 1. The van der Waals surface area contributed by atoms with E-state index < -0.39 is 65.3 Å². The third kappa shape index (κ3) is 1.67. The molecule has 1 aromatic carbocycles. The number of pyridine rings is 1. The molecule has 0 unspecified atom stereocenters. The summed E-state index contributed by atoms with van der Waals surface area (Å²) < 4.78 is 81.9. The Morgan fingerprint density at radius 2 is 2.06 bits per heavy atom. The molecule has 2 nitrogen and oxygen atoms in total. The highest BCUT2D eigenvalue weighted by molar-refractivity contribution is 5.66. The van der Waals surface area contributed by atoms with Gasteiger partial charge in [-0.05, 0) is 30.2 Å². The summed E-state index contributed by atoms with van der Waals surface area (Å²) in [6.45, 7) is 0. The van der Waals surface area contributed by atoms with Crippen molar-refractivity contribution in [1.29, 1.82) is 0 Å². The van der Waals surface area contributed by atoms with Crippen LogP contribution in [0.2, 0.25) is 0 Å². The van der Waals surface area contributed by atoms with Crippen LogP contribution >= 0.6 is 0 Å². The first kappa shape index (κ1) is 4.96. The van der Waals surface area contributed by atoms with Gasteiger partial charge in [-0.15, -0.1) is 0 Å². The molecule has 0 atom stereocenters. The number of halogens is 2. The predicted octanol–water partition coefficient (Wildman–Crippen LogP) is 3.28. The van der Waals surface area contributed by atoms with Crippen molar-refractivity contribution in [2.24, 2.45) is 0 Å². The molecule has 2 aromatic heterocycles. The zero-order valence-electron chi connectivity index (χ0n) is 15.2. The smallest absolute Gasteiger partial charge is 0.135 e. The fourth-order valence-electron chi connectivity index (χ4n) is 1.37. The van der Waals surface area contributed by atoms with E-state index in [1.54, 1.807) is 0 Å². The van der Waals surface area contributed by atoms with Gasteiger partial charge in [0.2, 0.25) is 0 Å². The maximum atomic E-state index is 14.2. The predicted molar refractivity (Wildman–Crippen MR) is 60.5 cm³/mol.